The summed E-state index contributed by atoms with van der Waals surface area (Å²) < 4.78 is 0. The molecule has 0 spiro atoms. The number of aryl methyl sites for hydroxylation is 2. The third-order valence-electron chi connectivity index (χ3n) is 2.95. The molecule has 2 aromatic rings. The summed E-state index contributed by atoms with van der Waals surface area (Å²) in [6, 6.07) is 8.48. The molecule has 2 N–H and O–H groups in total. The summed E-state index contributed by atoms with van der Waals surface area (Å²) in [6.07, 6.45) is 1.35. The highest BCUT2D eigenvalue weighted by Crippen LogP contribution is 2.16. The number of hydrogen-bond acceptors (Lipinski definition) is 3. The fourth-order valence-corrected chi connectivity index (χ4v) is 1.99. The van der Waals surface area contributed by atoms with E-state index in [-0.39, 0.29) is 11.6 Å². The van der Waals surface area contributed by atoms with E-state index in [2.05, 4.69) is 10.3 Å². The highest BCUT2D eigenvalue weighted by molar-refractivity contribution is 6.06. The van der Waals surface area contributed by atoms with E-state index in [1.165, 1.54) is 12.3 Å². The lowest BCUT2D eigenvalue weighted by Crippen LogP contribution is -2.15. The average Bonchev–Trinajstić information content (AvgIpc) is 2.38. The molecule has 1 aromatic heterocycles. The summed E-state index contributed by atoms with van der Waals surface area (Å²) in [5.41, 5.74) is 2.64. The Morgan fingerprint density at radius 3 is 2.40 bits per heavy atom. The molecule has 0 atom stereocenters. The number of nitrogens with one attached hydrogen (secondary N) is 1. The predicted octanol–water partition coefficient (Wildman–Crippen LogP) is 2.65. The average molecular weight is 270 g/mol. The number of rotatable bonds is 3. The van der Waals surface area contributed by atoms with E-state index < -0.39 is 5.97 Å². The largest absolute Gasteiger partial charge is 0.477 e. The first-order valence-corrected chi connectivity index (χ1v) is 6.06. The van der Waals surface area contributed by atoms with Gasteiger partial charge < -0.3 is 10.4 Å². The van der Waals surface area contributed by atoms with E-state index in [9.17, 15) is 9.59 Å². The SMILES string of the molecule is Cc1cccc(C)c1C(=O)Nc1ccnc(C(=O)O)c1. The van der Waals surface area contributed by atoms with Gasteiger partial charge in [-0.05, 0) is 37.1 Å². The predicted molar refractivity (Wildman–Crippen MR) is 75.1 cm³/mol. The van der Waals surface area contributed by atoms with Crippen molar-refractivity contribution in [1.29, 1.82) is 0 Å². The van der Waals surface area contributed by atoms with Crippen molar-refractivity contribution < 1.29 is 14.7 Å². The van der Waals surface area contributed by atoms with E-state index in [4.69, 9.17) is 5.11 Å². The minimum absolute atomic E-state index is 0.107. The van der Waals surface area contributed by atoms with Crippen molar-refractivity contribution in [2.75, 3.05) is 5.32 Å². The Morgan fingerprint density at radius 2 is 1.80 bits per heavy atom. The molecule has 5 nitrogen and oxygen atoms in total. The van der Waals surface area contributed by atoms with Gasteiger partial charge in [0.15, 0.2) is 0 Å². The van der Waals surface area contributed by atoms with Crippen LogP contribution in [0.2, 0.25) is 0 Å². The Bertz CT molecular complexity index is 660. The lowest BCUT2D eigenvalue weighted by atomic mass is 10.0. The van der Waals surface area contributed by atoms with Crippen LogP contribution in [-0.2, 0) is 0 Å². The van der Waals surface area contributed by atoms with Crippen molar-refractivity contribution in [2.24, 2.45) is 0 Å². The van der Waals surface area contributed by atoms with Gasteiger partial charge in [0.2, 0.25) is 0 Å². The molecule has 0 aliphatic rings. The van der Waals surface area contributed by atoms with Crippen LogP contribution in [0.5, 0.6) is 0 Å². The van der Waals surface area contributed by atoms with Gasteiger partial charge in [0, 0.05) is 17.4 Å². The number of amides is 1. The highest BCUT2D eigenvalue weighted by Gasteiger charge is 2.13. The molecule has 0 fully saturated rings. The first kappa shape index (κ1) is 13.7. The maximum Gasteiger partial charge on any atom is 0.354 e. The van der Waals surface area contributed by atoms with Gasteiger partial charge in [0.05, 0.1) is 0 Å². The second-order valence-electron chi connectivity index (χ2n) is 4.46. The van der Waals surface area contributed by atoms with Crippen LogP contribution in [0.1, 0.15) is 32.0 Å². The zero-order chi connectivity index (χ0) is 14.7. The summed E-state index contributed by atoms with van der Waals surface area (Å²) >= 11 is 0. The third kappa shape index (κ3) is 2.83. The van der Waals surface area contributed by atoms with Crippen molar-refractivity contribution in [3.63, 3.8) is 0 Å². The molecular weight excluding hydrogens is 256 g/mol. The number of aromatic carboxylic acids is 1. The van der Waals surface area contributed by atoms with Gasteiger partial charge in [-0.15, -0.1) is 0 Å². The molecule has 1 aromatic carbocycles. The van der Waals surface area contributed by atoms with Crippen LogP contribution in [0.3, 0.4) is 0 Å². The minimum atomic E-state index is -1.13. The maximum absolute atomic E-state index is 12.3. The first-order chi connectivity index (χ1) is 9.49. The number of carbonyl (C=O) groups is 2. The first-order valence-electron chi connectivity index (χ1n) is 6.06. The number of carbonyl (C=O) groups excluding carboxylic acids is 1. The van der Waals surface area contributed by atoms with Gasteiger partial charge in [-0.25, -0.2) is 9.78 Å². The van der Waals surface area contributed by atoms with Crippen LogP contribution in [0.25, 0.3) is 0 Å². The number of benzene rings is 1. The van der Waals surface area contributed by atoms with Crippen molar-refractivity contribution in [3.05, 3.63) is 58.9 Å². The Hall–Kier alpha value is -2.69. The molecule has 0 bridgehead atoms. The van der Waals surface area contributed by atoms with Gasteiger partial charge in [0.25, 0.3) is 5.91 Å². The van der Waals surface area contributed by atoms with Crippen LogP contribution in [0.4, 0.5) is 5.69 Å². The highest BCUT2D eigenvalue weighted by atomic mass is 16.4. The van der Waals surface area contributed by atoms with Crippen molar-refractivity contribution in [2.45, 2.75) is 13.8 Å². The van der Waals surface area contributed by atoms with Gasteiger partial charge in [0.1, 0.15) is 5.69 Å². The number of carboxylic acid groups (broad SMARTS) is 1. The van der Waals surface area contributed by atoms with Crippen LogP contribution in [-0.4, -0.2) is 22.0 Å². The monoisotopic (exact) mass is 270 g/mol. The fraction of sp³-hybridized carbons (Fsp3) is 0.133. The molecule has 1 amide bonds. The van der Waals surface area contributed by atoms with E-state index in [0.717, 1.165) is 11.1 Å². The van der Waals surface area contributed by atoms with E-state index >= 15 is 0 Å². The number of nitrogens with zero attached hydrogens (tertiary/aromatic N) is 1. The Kier molecular flexibility index (Phi) is 3.79. The Balaban J connectivity index is 2.28. The zero-order valence-electron chi connectivity index (χ0n) is 11.2. The maximum atomic E-state index is 12.3. The topological polar surface area (TPSA) is 79.3 Å². The number of anilines is 1. The number of hydrogen-bond donors (Lipinski definition) is 2. The molecule has 0 radical (unpaired) electrons. The van der Waals surface area contributed by atoms with Gasteiger partial charge >= 0.3 is 5.97 Å². The van der Waals surface area contributed by atoms with Crippen molar-refractivity contribution >= 4 is 17.6 Å². The summed E-state index contributed by atoms with van der Waals surface area (Å²) in [5, 5.41) is 11.6. The van der Waals surface area contributed by atoms with Crippen molar-refractivity contribution in [3.8, 4) is 0 Å². The van der Waals surface area contributed by atoms with Gasteiger partial charge in [-0.3, -0.25) is 4.79 Å². The lowest BCUT2D eigenvalue weighted by molar-refractivity contribution is 0.0690. The minimum Gasteiger partial charge on any atom is -0.477 e. The summed E-state index contributed by atoms with van der Waals surface area (Å²) in [5.74, 6) is -1.39. The summed E-state index contributed by atoms with van der Waals surface area (Å²) in [6.45, 7) is 3.72. The summed E-state index contributed by atoms with van der Waals surface area (Å²) in [4.78, 5) is 26.8. The van der Waals surface area contributed by atoms with Gasteiger partial charge in [-0.1, -0.05) is 18.2 Å². The van der Waals surface area contributed by atoms with Crippen LogP contribution >= 0.6 is 0 Å². The van der Waals surface area contributed by atoms with Crippen LogP contribution < -0.4 is 5.32 Å². The Labute approximate surface area is 116 Å². The second-order valence-corrected chi connectivity index (χ2v) is 4.46. The molecular formula is C15H14N2O3. The molecule has 102 valence electrons. The molecule has 0 saturated heterocycles. The molecule has 20 heavy (non-hydrogen) atoms. The van der Waals surface area contributed by atoms with E-state index in [1.807, 2.05) is 32.0 Å². The molecule has 0 aliphatic carbocycles. The third-order valence-corrected chi connectivity index (χ3v) is 2.95. The molecule has 5 heteroatoms. The van der Waals surface area contributed by atoms with Crippen LogP contribution in [0, 0.1) is 13.8 Å². The number of pyridine rings is 1. The number of carboxylic acids is 1. The summed E-state index contributed by atoms with van der Waals surface area (Å²) in [7, 11) is 0. The lowest BCUT2D eigenvalue weighted by Gasteiger charge is -2.10. The molecule has 1 heterocycles. The smallest absolute Gasteiger partial charge is 0.354 e. The van der Waals surface area contributed by atoms with Crippen molar-refractivity contribution in [1.82, 2.24) is 4.98 Å². The quantitative estimate of drug-likeness (QED) is 0.898. The van der Waals surface area contributed by atoms with E-state index in [1.54, 1.807) is 6.07 Å². The number of aromatic nitrogens is 1. The van der Waals surface area contributed by atoms with E-state index in [0.29, 0.717) is 11.3 Å². The van der Waals surface area contributed by atoms with Crippen LogP contribution in [0.15, 0.2) is 36.5 Å². The molecule has 0 aliphatic heterocycles. The molecule has 0 unspecified atom stereocenters. The molecule has 2 rings (SSSR count). The second kappa shape index (κ2) is 5.52. The zero-order valence-corrected chi connectivity index (χ0v) is 11.2. The van der Waals surface area contributed by atoms with Gasteiger partial charge in [-0.2, -0.15) is 0 Å². The fourth-order valence-electron chi connectivity index (χ4n) is 1.99. The molecule has 0 saturated carbocycles. The standard InChI is InChI=1S/C15H14N2O3/c1-9-4-3-5-10(2)13(9)14(18)17-11-6-7-16-12(8-11)15(19)20/h3-8H,1-2H3,(H,19,20)(H,16,17,18). The Morgan fingerprint density at radius 1 is 1.15 bits per heavy atom. The normalized spacial score (nSPS) is 10.1.